The van der Waals surface area contributed by atoms with E-state index in [1.165, 1.54) is 0 Å². The molecule has 0 atom stereocenters. The summed E-state index contributed by atoms with van der Waals surface area (Å²) in [6.07, 6.45) is 0. The van der Waals surface area contributed by atoms with Crippen LogP contribution >= 0.6 is 15.9 Å². The van der Waals surface area contributed by atoms with E-state index in [0.29, 0.717) is 34.7 Å². The highest BCUT2D eigenvalue weighted by Gasteiger charge is 2.25. The number of fused-ring (bicyclic) bond motifs is 1. The molecule has 28 heavy (non-hydrogen) atoms. The molecule has 6 nitrogen and oxygen atoms in total. The lowest BCUT2D eigenvalue weighted by Gasteiger charge is -2.36. The molecule has 1 fully saturated rings. The summed E-state index contributed by atoms with van der Waals surface area (Å²) in [5.74, 6) is 1.45. The zero-order chi connectivity index (χ0) is 19.7. The van der Waals surface area contributed by atoms with Crippen LogP contribution in [0.15, 0.2) is 51.6 Å². The van der Waals surface area contributed by atoms with Crippen LogP contribution in [0.2, 0.25) is 0 Å². The summed E-state index contributed by atoms with van der Waals surface area (Å²) in [6, 6.07) is 13.3. The number of hydrogen-bond donors (Lipinski definition) is 0. The second kappa shape index (κ2) is 7.75. The second-order valence-electron chi connectivity index (χ2n) is 6.59. The van der Waals surface area contributed by atoms with E-state index in [9.17, 15) is 4.79 Å². The van der Waals surface area contributed by atoms with Crippen molar-refractivity contribution in [3.05, 3.63) is 52.7 Å². The topological polar surface area (TPSA) is 55.2 Å². The van der Waals surface area contributed by atoms with Crippen LogP contribution in [0.3, 0.4) is 0 Å². The molecule has 1 saturated heterocycles. The van der Waals surface area contributed by atoms with E-state index >= 15 is 0 Å². The van der Waals surface area contributed by atoms with Crippen molar-refractivity contribution in [3.8, 4) is 11.5 Å². The highest BCUT2D eigenvalue weighted by atomic mass is 79.9. The standard InChI is InChI=1S/C21H21BrN2O4/c1-26-17-6-4-3-5-16(17)23-7-9-24(10-8-23)21(25)14-11-18(27-2)15-13-20(22)28-19(15)12-14/h3-6,11-13H,7-10H2,1-2H3. The third-order valence-corrected chi connectivity index (χ3v) is 5.42. The Morgan fingerprint density at radius 1 is 1.00 bits per heavy atom. The minimum atomic E-state index is -0.0209. The molecule has 0 aliphatic carbocycles. The quantitative estimate of drug-likeness (QED) is 0.604. The van der Waals surface area contributed by atoms with Gasteiger partial charge in [0.1, 0.15) is 17.1 Å². The van der Waals surface area contributed by atoms with Gasteiger partial charge in [0.2, 0.25) is 0 Å². The van der Waals surface area contributed by atoms with E-state index in [0.717, 1.165) is 29.9 Å². The number of halogens is 1. The van der Waals surface area contributed by atoms with Crippen LogP contribution < -0.4 is 14.4 Å². The van der Waals surface area contributed by atoms with Crippen LogP contribution in [0.25, 0.3) is 11.0 Å². The van der Waals surface area contributed by atoms with E-state index in [4.69, 9.17) is 13.9 Å². The molecule has 1 aliphatic rings. The molecule has 1 aliphatic heterocycles. The van der Waals surface area contributed by atoms with Crippen LogP contribution in [0.1, 0.15) is 10.4 Å². The maximum absolute atomic E-state index is 13.1. The molecule has 0 spiro atoms. The second-order valence-corrected chi connectivity index (χ2v) is 7.37. The molecule has 0 saturated carbocycles. The lowest BCUT2D eigenvalue weighted by atomic mass is 10.1. The van der Waals surface area contributed by atoms with Crippen LogP contribution in [0, 0.1) is 0 Å². The highest BCUT2D eigenvalue weighted by molar-refractivity contribution is 9.10. The first-order valence-corrected chi connectivity index (χ1v) is 9.84. The summed E-state index contributed by atoms with van der Waals surface area (Å²) in [6.45, 7) is 2.77. The van der Waals surface area contributed by atoms with Crippen LogP contribution in [0.4, 0.5) is 5.69 Å². The van der Waals surface area contributed by atoms with E-state index in [2.05, 4.69) is 20.8 Å². The SMILES string of the molecule is COc1ccccc1N1CCN(C(=O)c2cc(OC)c3cc(Br)oc3c2)CC1. The normalized spacial score (nSPS) is 14.4. The van der Waals surface area contributed by atoms with Crippen molar-refractivity contribution in [2.75, 3.05) is 45.3 Å². The Morgan fingerprint density at radius 2 is 1.71 bits per heavy atom. The minimum Gasteiger partial charge on any atom is -0.496 e. The number of furan rings is 1. The Hall–Kier alpha value is -2.67. The van der Waals surface area contributed by atoms with Crippen LogP contribution in [0.5, 0.6) is 11.5 Å². The summed E-state index contributed by atoms with van der Waals surface area (Å²) in [5.41, 5.74) is 2.25. The average molecular weight is 445 g/mol. The average Bonchev–Trinajstić information content (AvgIpc) is 3.12. The molecule has 0 unspecified atom stereocenters. The van der Waals surface area contributed by atoms with E-state index < -0.39 is 0 Å². The van der Waals surface area contributed by atoms with Gasteiger partial charge in [-0.25, -0.2) is 0 Å². The first kappa shape index (κ1) is 18.7. The van der Waals surface area contributed by atoms with Gasteiger partial charge in [0.05, 0.1) is 25.3 Å². The van der Waals surface area contributed by atoms with E-state index in [-0.39, 0.29) is 5.91 Å². The van der Waals surface area contributed by atoms with Gasteiger partial charge in [-0.3, -0.25) is 4.79 Å². The molecule has 7 heteroatoms. The Bertz CT molecular complexity index is 1010. The van der Waals surface area contributed by atoms with Gasteiger partial charge in [-0.1, -0.05) is 12.1 Å². The largest absolute Gasteiger partial charge is 0.496 e. The monoisotopic (exact) mass is 444 g/mol. The number of nitrogens with zero attached hydrogens (tertiary/aromatic N) is 2. The van der Waals surface area contributed by atoms with Gasteiger partial charge < -0.3 is 23.7 Å². The summed E-state index contributed by atoms with van der Waals surface area (Å²) in [7, 11) is 3.27. The van der Waals surface area contributed by atoms with Gasteiger partial charge in [0.25, 0.3) is 5.91 Å². The molecule has 2 aromatic carbocycles. The molecule has 3 aromatic rings. The highest BCUT2D eigenvalue weighted by Crippen LogP contribution is 2.33. The predicted octanol–water partition coefficient (Wildman–Crippen LogP) is 4.17. The number of anilines is 1. The number of carbonyl (C=O) groups is 1. The van der Waals surface area contributed by atoms with E-state index in [1.54, 1.807) is 26.4 Å². The van der Waals surface area contributed by atoms with Crippen molar-refractivity contribution in [1.29, 1.82) is 0 Å². The zero-order valence-electron chi connectivity index (χ0n) is 15.8. The molecular formula is C21H21BrN2O4. The number of piperazine rings is 1. The predicted molar refractivity (Wildman–Crippen MR) is 112 cm³/mol. The fourth-order valence-electron chi connectivity index (χ4n) is 3.59. The summed E-state index contributed by atoms with van der Waals surface area (Å²) >= 11 is 3.33. The number of hydrogen-bond acceptors (Lipinski definition) is 5. The van der Waals surface area contributed by atoms with Crippen molar-refractivity contribution in [2.45, 2.75) is 0 Å². The van der Waals surface area contributed by atoms with Gasteiger partial charge in [-0.15, -0.1) is 0 Å². The van der Waals surface area contributed by atoms with Crippen molar-refractivity contribution >= 4 is 38.5 Å². The molecule has 0 bridgehead atoms. The Morgan fingerprint density at radius 3 is 2.43 bits per heavy atom. The van der Waals surface area contributed by atoms with Crippen molar-refractivity contribution in [1.82, 2.24) is 4.90 Å². The molecular weight excluding hydrogens is 424 g/mol. The molecule has 0 radical (unpaired) electrons. The smallest absolute Gasteiger partial charge is 0.254 e. The molecule has 146 valence electrons. The third kappa shape index (κ3) is 3.42. The van der Waals surface area contributed by atoms with Gasteiger partial charge in [-0.2, -0.15) is 0 Å². The lowest BCUT2D eigenvalue weighted by molar-refractivity contribution is 0.0746. The maximum atomic E-state index is 13.1. The Labute approximate surface area is 171 Å². The van der Waals surface area contributed by atoms with Gasteiger partial charge in [-0.05, 0) is 40.2 Å². The lowest BCUT2D eigenvalue weighted by Crippen LogP contribution is -2.48. The van der Waals surface area contributed by atoms with Gasteiger partial charge in [0.15, 0.2) is 4.67 Å². The molecule has 4 rings (SSSR count). The zero-order valence-corrected chi connectivity index (χ0v) is 17.4. The fraction of sp³-hybridized carbons (Fsp3) is 0.286. The molecule has 0 N–H and O–H groups in total. The summed E-state index contributed by atoms with van der Waals surface area (Å²) < 4.78 is 17.1. The van der Waals surface area contributed by atoms with Crippen molar-refractivity contribution in [2.24, 2.45) is 0 Å². The maximum Gasteiger partial charge on any atom is 0.254 e. The number of carbonyl (C=O) groups excluding carboxylic acids is 1. The fourth-order valence-corrected chi connectivity index (χ4v) is 4.00. The summed E-state index contributed by atoms with van der Waals surface area (Å²) in [4.78, 5) is 17.2. The van der Waals surface area contributed by atoms with Crippen LogP contribution in [-0.4, -0.2) is 51.2 Å². The Kier molecular flexibility index (Phi) is 5.17. The van der Waals surface area contributed by atoms with Crippen LogP contribution in [-0.2, 0) is 0 Å². The minimum absolute atomic E-state index is 0.0209. The van der Waals surface area contributed by atoms with E-state index in [1.807, 2.05) is 35.2 Å². The van der Waals surface area contributed by atoms with Crippen molar-refractivity contribution < 1.29 is 18.7 Å². The summed E-state index contributed by atoms with van der Waals surface area (Å²) in [5, 5.41) is 0.840. The Balaban J connectivity index is 1.52. The number of methoxy groups -OCH3 is 2. The van der Waals surface area contributed by atoms with Gasteiger partial charge in [0, 0.05) is 37.8 Å². The number of benzene rings is 2. The van der Waals surface area contributed by atoms with Crippen molar-refractivity contribution in [3.63, 3.8) is 0 Å². The number of rotatable bonds is 4. The number of para-hydroxylation sites is 2. The molecule has 1 amide bonds. The molecule has 2 heterocycles. The van der Waals surface area contributed by atoms with Gasteiger partial charge >= 0.3 is 0 Å². The first-order valence-electron chi connectivity index (χ1n) is 9.05. The number of ether oxygens (including phenoxy) is 2. The first-order chi connectivity index (χ1) is 13.6. The molecule has 1 aromatic heterocycles. The third-order valence-electron chi connectivity index (χ3n) is 5.03. The number of amides is 1.